The van der Waals surface area contributed by atoms with Gasteiger partial charge in [0, 0.05) is 26.2 Å². The summed E-state index contributed by atoms with van der Waals surface area (Å²) in [5.41, 5.74) is 9.61. The van der Waals surface area contributed by atoms with E-state index in [1.807, 2.05) is 0 Å². The molecule has 0 radical (unpaired) electrons. The quantitative estimate of drug-likeness (QED) is 0.0803. The highest BCUT2D eigenvalue weighted by Gasteiger charge is 2.23. The van der Waals surface area contributed by atoms with E-state index in [2.05, 4.69) is 191 Å². The first-order chi connectivity index (χ1) is 26.1. The van der Waals surface area contributed by atoms with Gasteiger partial charge in [0.05, 0.1) is 25.4 Å². The van der Waals surface area contributed by atoms with Crippen LogP contribution in [0.3, 0.4) is 0 Å². The monoisotopic (exact) mass is 765 g/mol. The third kappa shape index (κ3) is 13.6. The first-order valence-corrected chi connectivity index (χ1v) is 20.6. The van der Waals surface area contributed by atoms with Crippen molar-refractivity contribution < 1.29 is 19.7 Å². The molecule has 6 nitrogen and oxygen atoms in total. The number of hydrogen-bond acceptors (Lipinski definition) is 6. The lowest BCUT2D eigenvalue weighted by atomic mass is 9.85. The molecule has 4 aromatic carbocycles. The molecule has 0 heterocycles. The molecule has 4 aromatic rings. The highest BCUT2D eigenvalue weighted by molar-refractivity contribution is 5.38. The van der Waals surface area contributed by atoms with E-state index in [-0.39, 0.29) is 47.1 Å². The maximum Gasteiger partial charge on any atom is 0.108 e. The Bertz CT molecular complexity index is 1490. The Morgan fingerprint density at radius 2 is 0.607 bits per heavy atom. The second-order valence-corrected chi connectivity index (χ2v) is 19.6. The van der Waals surface area contributed by atoms with E-state index in [1.54, 1.807) is 0 Å². The summed E-state index contributed by atoms with van der Waals surface area (Å²) < 4.78 is 12.9. The molecule has 0 aliphatic heterocycles. The van der Waals surface area contributed by atoms with Gasteiger partial charge in [0.1, 0.15) is 12.2 Å². The molecule has 0 fully saturated rings. The molecule has 6 heteroatoms. The van der Waals surface area contributed by atoms with Gasteiger partial charge < -0.3 is 30.3 Å². The van der Waals surface area contributed by atoms with Crippen LogP contribution in [0.2, 0.25) is 0 Å². The Morgan fingerprint density at radius 3 is 0.804 bits per heavy atom. The fraction of sp³-hybridized carbons (Fsp3) is 0.520. The first-order valence-electron chi connectivity index (χ1n) is 20.6. The van der Waals surface area contributed by atoms with Crippen LogP contribution >= 0.6 is 0 Å². The van der Waals surface area contributed by atoms with Crippen molar-refractivity contribution in [1.29, 1.82) is 0 Å². The Balaban J connectivity index is 1.26. The van der Waals surface area contributed by atoms with Crippen molar-refractivity contribution in [2.24, 2.45) is 0 Å². The molecule has 0 saturated heterocycles. The summed E-state index contributed by atoms with van der Waals surface area (Å²) in [6.07, 6.45) is -1.93. The van der Waals surface area contributed by atoms with Crippen molar-refractivity contribution in [3.05, 3.63) is 142 Å². The van der Waals surface area contributed by atoms with Crippen LogP contribution in [-0.2, 0) is 31.1 Å². The Morgan fingerprint density at radius 1 is 0.393 bits per heavy atom. The van der Waals surface area contributed by atoms with Crippen LogP contribution in [0, 0.1) is 0 Å². The molecule has 0 aliphatic rings. The number of benzene rings is 4. The van der Waals surface area contributed by atoms with Gasteiger partial charge in [-0.05, 0) is 66.2 Å². The van der Waals surface area contributed by atoms with Gasteiger partial charge in [0.2, 0.25) is 0 Å². The van der Waals surface area contributed by atoms with Gasteiger partial charge in [-0.3, -0.25) is 0 Å². The summed E-state index contributed by atoms with van der Waals surface area (Å²) in [6.45, 7) is 29.1. The second-order valence-electron chi connectivity index (χ2n) is 19.6. The average Bonchev–Trinajstić information content (AvgIpc) is 3.12. The van der Waals surface area contributed by atoms with E-state index in [0.717, 1.165) is 22.3 Å². The van der Waals surface area contributed by atoms with Crippen LogP contribution in [0.1, 0.15) is 140 Å². The molecular formula is C50H72N2O4. The van der Waals surface area contributed by atoms with Gasteiger partial charge in [-0.1, -0.05) is 180 Å². The van der Waals surface area contributed by atoms with Gasteiger partial charge in [-0.25, -0.2) is 0 Å². The van der Waals surface area contributed by atoms with Crippen LogP contribution < -0.4 is 10.6 Å². The summed E-state index contributed by atoms with van der Waals surface area (Å²) in [5.74, 6) is 0. The number of nitrogens with one attached hydrogen (secondary N) is 2. The largest absolute Gasteiger partial charge is 0.389 e. The number of hydrogen-bond donors (Lipinski definition) is 4. The van der Waals surface area contributed by atoms with Crippen molar-refractivity contribution in [2.45, 2.75) is 129 Å². The fourth-order valence-corrected chi connectivity index (χ4v) is 6.65. The van der Waals surface area contributed by atoms with Crippen molar-refractivity contribution in [3.8, 4) is 0 Å². The molecular weight excluding hydrogens is 693 g/mol. The zero-order chi connectivity index (χ0) is 41.3. The minimum atomic E-state index is -0.675. The maximum absolute atomic E-state index is 10.9. The van der Waals surface area contributed by atoms with E-state index in [4.69, 9.17) is 9.47 Å². The Kier molecular flexibility index (Phi) is 15.7. The fourth-order valence-electron chi connectivity index (χ4n) is 6.65. The minimum absolute atomic E-state index is 0.0631. The van der Waals surface area contributed by atoms with E-state index < -0.39 is 12.2 Å². The van der Waals surface area contributed by atoms with Gasteiger partial charge in [0.15, 0.2) is 0 Å². The van der Waals surface area contributed by atoms with Crippen LogP contribution in [0.25, 0.3) is 0 Å². The lowest BCUT2D eigenvalue weighted by Gasteiger charge is -2.25. The number of ether oxygens (including phenoxy) is 2. The second kappa shape index (κ2) is 19.4. The predicted molar refractivity (Wildman–Crippen MR) is 234 cm³/mol. The van der Waals surface area contributed by atoms with Crippen molar-refractivity contribution >= 4 is 0 Å². The third-order valence-electron chi connectivity index (χ3n) is 10.5. The zero-order valence-electron chi connectivity index (χ0n) is 36.5. The normalized spacial score (nSPS) is 14.1. The smallest absolute Gasteiger partial charge is 0.108 e. The van der Waals surface area contributed by atoms with Gasteiger partial charge in [-0.15, -0.1) is 0 Å². The summed E-state index contributed by atoms with van der Waals surface area (Å²) in [7, 11) is 0. The van der Waals surface area contributed by atoms with Crippen molar-refractivity contribution in [2.75, 3.05) is 39.4 Å². The van der Waals surface area contributed by atoms with Crippen molar-refractivity contribution in [3.63, 3.8) is 0 Å². The van der Waals surface area contributed by atoms with E-state index in [0.29, 0.717) is 26.2 Å². The molecule has 0 aliphatic carbocycles. The minimum Gasteiger partial charge on any atom is -0.389 e. The molecule has 56 heavy (non-hydrogen) atoms. The van der Waals surface area contributed by atoms with Crippen molar-refractivity contribution in [1.82, 2.24) is 10.6 Å². The number of rotatable bonds is 17. The van der Waals surface area contributed by atoms with E-state index >= 15 is 0 Å². The summed E-state index contributed by atoms with van der Waals surface area (Å²) in [6, 6.07) is 34.6. The highest BCUT2D eigenvalue weighted by Crippen LogP contribution is 2.33. The lowest BCUT2D eigenvalue weighted by molar-refractivity contribution is 0.00543. The topological polar surface area (TPSA) is 83.0 Å². The summed E-state index contributed by atoms with van der Waals surface area (Å²) >= 11 is 0. The zero-order valence-corrected chi connectivity index (χ0v) is 36.5. The van der Waals surface area contributed by atoms with Crippen LogP contribution in [-0.4, -0.2) is 61.8 Å². The molecule has 306 valence electrons. The molecule has 0 saturated carbocycles. The van der Waals surface area contributed by atoms with Gasteiger partial charge in [0.25, 0.3) is 0 Å². The van der Waals surface area contributed by atoms with Crippen LogP contribution in [0.4, 0.5) is 0 Å². The van der Waals surface area contributed by atoms with E-state index in [9.17, 15) is 10.2 Å². The average molecular weight is 765 g/mol. The molecule has 2 atom stereocenters. The van der Waals surface area contributed by atoms with Crippen LogP contribution in [0.5, 0.6) is 0 Å². The lowest BCUT2D eigenvalue weighted by Crippen LogP contribution is -2.38. The first kappa shape index (κ1) is 45.3. The Hall–Kier alpha value is -3.36. The number of aliphatic hydroxyl groups excluding tert-OH is 2. The number of aliphatic hydroxyl groups is 2. The molecule has 0 unspecified atom stereocenters. The van der Waals surface area contributed by atoms with Gasteiger partial charge >= 0.3 is 0 Å². The predicted octanol–water partition coefficient (Wildman–Crippen LogP) is 9.69. The van der Waals surface area contributed by atoms with E-state index in [1.165, 1.54) is 22.3 Å². The summed E-state index contributed by atoms with van der Waals surface area (Å²) in [5, 5.41) is 28.4. The van der Waals surface area contributed by atoms with Gasteiger partial charge in [-0.2, -0.15) is 0 Å². The molecule has 0 amide bonds. The SMILES string of the molecule is CC(C)(C)c1ccc(C(OC[C@H](O)CNCCNC[C@@H](O)COC(c2ccc(C(C)(C)C)cc2)c2ccc(C(C)(C)C)cc2)c2ccc(C(C)(C)C)cc2)cc1. The Labute approximate surface area is 339 Å². The molecule has 4 rings (SSSR count). The molecule has 4 N–H and O–H groups in total. The van der Waals surface area contributed by atoms with Crippen LogP contribution in [0.15, 0.2) is 97.1 Å². The molecule has 0 spiro atoms. The summed E-state index contributed by atoms with van der Waals surface area (Å²) in [4.78, 5) is 0. The maximum atomic E-state index is 10.9. The standard InChI is InChI=1S/C50H72N2O4/c1-47(2,3)39-21-13-35(14-22-39)45(36-15-23-40(24-16-36)48(4,5)6)55-33-43(53)31-51-29-30-52-32-44(54)34-56-46(37-17-25-41(26-18-37)49(7,8)9)38-19-27-42(28-20-38)50(10,11)12/h13-28,43-46,51-54H,29-34H2,1-12H3/t43-,44-/m1/s1. The molecule has 0 bridgehead atoms. The highest BCUT2D eigenvalue weighted by atomic mass is 16.5. The third-order valence-corrected chi connectivity index (χ3v) is 10.5. The molecule has 0 aromatic heterocycles.